The van der Waals surface area contributed by atoms with Gasteiger partial charge in [-0.3, -0.25) is 4.68 Å². The van der Waals surface area contributed by atoms with Gasteiger partial charge in [0, 0.05) is 18.0 Å². The monoisotopic (exact) mass is 270 g/mol. The van der Waals surface area contributed by atoms with E-state index < -0.39 is 11.7 Å². The summed E-state index contributed by atoms with van der Waals surface area (Å²) in [7, 11) is 0. The number of hydrogen-bond donors (Lipinski definition) is 1. The summed E-state index contributed by atoms with van der Waals surface area (Å²) < 4.78 is 39.6. The normalized spacial score (nSPS) is 12.7. The molecule has 2 heterocycles. The Hall–Kier alpha value is -2.05. The lowest BCUT2D eigenvalue weighted by atomic mass is 10.1. The van der Waals surface area contributed by atoms with Crippen LogP contribution in [0, 0.1) is 0 Å². The van der Waals surface area contributed by atoms with Gasteiger partial charge in [0.15, 0.2) is 5.54 Å². The van der Waals surface area contributed by atoms with Crippen LogP contribution >= 0.6 is 0 Å². The van der Waals surface area contributed by atoms with Gasteiger partial charge in [-0.25, -0.2) is 4.98 Å². The number of hydrogen-bond acceptors (Lipinski definition) is 3. The number of nitrogens with two attached hydrogens (primary N) is 1. The fourth-order valence-corrected chi connectivity index (χ4v) is 1.54. The minimum Gasteiger partial charge on any atom is -0.384 e. The van der Waals surface area contributed by atoms with E-state index in [1.165, 1.54) is 18.6 Å². The van der Waals surface area contributed by atoms with Crippen LogP contribution < -0.4 is 5.73 Å². The molecule has 0 aliphatic heterocycles. The van der Waals surface area contributed by atoms with E-state index >= 15 is 0 Å². The van der Waals surface area contributed by atoms with Gasteiger partial charge in [-0.05, 0) is 31.5 Å². The number of alkyl halides is 3. The number of rotatable bonds is 2. The first-order chi connectivity index (χ1) is 8.72. The van der Waals surface area contributed by atoms with Crippen LogP contribution in [0.15, 0.2) is 30.7 Å². The molecule has 0 unspecified atom stereocenters. The topological polar surface area (TPSA) is 56.7 Å². The Morgan fingerprint density at radius 2 is 1.89 bits per heavy atom. The fourth-order valence-electron chi connectivity index (χ4n) is 1.54. The van der Waals surface area contributed by atoms with Crippen molar-refractivity contribution >= 4 is 5.82 Å². The molecule has 4 nitrogen and oxygen atoms in total. The molecule has 7 heteroatoms. The molecule has 0 saturated heterocycles. The van der Waals surface area contributed by atoms with Crippen molar-refractivity contribution in [2.24, 2.45) is 0 Å². The predicted octanol–water partition coefficient (Wildman–Crippen LogP) is 2.82. The lowest BCUT2D eigenvalue weighted by Gasteiger charge is -2.28. The molecule has 0 bridgehead atoms. The largest absolute Gasteiger partial charge is 0.413 e. The van der Waals surface area contributed by atoms with Crippen molar-refractivity contribution in [1.82, 2.24) is 14.8 Å². The number of halogens is 3. The van der Waals surface area contributed by atoms with Crippen LogP contribution in [0.25, 0.3) is 11.1 Å². The Labute approximate surface area is 108 Å². The minimum absolute atomic E-state index is 0.306. The molecule has 19 heavy (non-hydrogen) atoms. The first-order valence-corrected chi connectivity index (χ1v) is 5.55. The summed E-state index contributed by atoms with van der Waals surface area (Å²) in [6.45, 7) is 2.15. The number of aromatic nitrogens is 3. The number of nitrogen functional groups attached to an aromatic ring is 1. The molecule has 0 fully saturated rings. The summed E-state index contributed by atoms with van der Waals surface area (Å²) in [5.41, 5.74) is 4.71. The lowest BCUT2D eigenvalue weighted by Crippen LogP contribution is -2.42. The molecule has 2 N–H and O–H groups in total. The van der Waals surface area contributed by atoms with Crippen molar-refractivity contribution in [2.45, 2.75) is 25.6 Å². The van der Waals surface area contributed by atoms with Crippen LogP contribution in [0.3, 0.4) is 0 Å². The van der Waals surface area contributed by atoms with Gasteiger partial charge in [0.05, 0.1) is 6.20 Å². The van der Waals surface area contributed by atoms with E-state index in [1.54, 1.807) is 12.1 Å². The maximum Gasteiger partial charge on any atom is 0.413 e. The maximum atomic E-state index is 12.9. The SMILES string of the molecule is CC(C)(n1cc(-c2ccnc(N)c2)cn1)C(F)(F)F. The van der Waals surface area contributed by atoms with E-state index in [0.29, 0.717) is 16.9 Å². The molecular formula is C12H13F3N4. The van der Waals surface area contributed by atoms with Crippen molar-refractivity contribution in [3.8, 4) is 11.1 Å². The van der Waals surface area contributed by atoms with Crippen molar-refractivity contribution in [1.29, 1.82) is 0 Å². The van der Waals surface area contributed by atoms with Gasteiger partial charge < -0.3 is 5.73 Å². The number of pyridine rings is 1. The van der Waals surface area contributed by atoms with Gasteiger partial charge >= 0.3 is 6.18 Å². The van der Waals surface area contributed by atoms with Gasteiger partial charge in [0.2, 0.25) is 0 Å². The highest BCUT2D eigenvalue weighted by Gasteiger charge is 2.49. The molecule has 102 valence electrons. The maximum absolute atomic E-state index is 12.9. The molecule has 0 aliphatic carbocycles. The minimum atomic E-state index is -4.38. The average molecular weight is 270 g/mol. The Kier molecular flexibility index (Phi) is 3.00. The quantitative estimate of drug-likeness (QED) is 0.912. The van der Waals surface area contributed by atoms with Gasteiger partial charge in [-0.1, -0.05) is 0 Å². The average Bonchev–Trinajstić information content (AvgIpc) is 2.77. The van der Waals surface area contributed by atoms with Crippen molar-refractivity contribution < 1.29 is 13.2 Å². The van der Waals surface area contributed by atoms with E-state index in [0.717, 1.165) is 18.5 Å². The molecule has 0 saturated carbocycles. The van der Waals surface area contributed by atoms with Crippen molar-refractivity contribution in [3.63, 3.8) is 0 Å². The number of anilines is 1. The molecule has 0 aliphatic rings. The van der Waals surface area contributed by atoms with E-state index in [4.69, 9.17) is 5.73 Å². The first kappa shape index (κ1) is 13.4. The van der Waals surface area contributed by atoms with Crippen LogP contribution in [-0.4, -0.2) is 20.9 Å². The lowest BCUT2D eigenvalue weighted by molar-refractivity contribution is -0.205. The zero-order chi connectivity index (χ0) is 14.3. The molecule has 2 rings (SSSR count). The summed E-state index contributed by atoms with van der Waals surface area (Å²) >= 11 is 0. The molecule has 0 amide bonds. The van der Waals surface area contributed by atoms with Crippen LogP contribution in [0.1, 0.15) is 13.8 Å². The highest BCUT2D eigenvalue weighted by molar-refractivity contribution is 5.64. The van der Waals surface area contributed by atoms with Gasteiger partial charge in [-0.15, -0.1) is 0 Å². The standard InChI is InChI=1S/C12H13F3N4/c1-11(2,12(13,14)15)19-7-9(6-18-19)8-3-4-17-10(16)5-8/h3-7H,1-2H3,(H2,16,17). The molecule has 2 aromatic heterocycles. The summed E-state index contributed by atoms with van der Waals surface area (Å²) in [4.78, 5) is 3.83. The zero-order valence-electron chi connectivity index (χ0n) is 10.4. The Morgan fingerprint density at radius 1 is 1.21 bits per heavy atom. The van der Waals surface area contributed by atoms with Crippen molar-refractivity contribution in [2.75, 3.05) is 5.73 Å². The van der Waals surface area contributed by atoms with Crippen molar-refractivity contribution in [3.05, 3.63) is 30.7 Å². The third-order valence-corrected chi connectivity index (χ3v) is 2.96. The zero-order valence-corrected chi connectivity index (χ0v) is 10.4. The molecule has 2 aromatic rings. The molecule has 0 radical (unpaired) electrons. The van der Waals surface area contributed by atoms with Gasteiger partial charge in [-0.2, -0.15) is 18.3 Å². The second-order valence-electron chi connectivity index (χ2n) is 4.70. The number of nitrogens with zero attached hydrogens (tertiary/aromatic N) is 3. The smallest absolute Gasteiger partial charge is 0.384 e. The Bertz CT molecular complexity index is 587. The van der Waals surface area contributed by atoms with E-state index in [-0.39, 0.29) is 0 Å². The first-order valence-electron chi connectivity index (χ1n) is 5.55. The van der Waals surface area contributed by atoms with Crippen LogP contribution in [0.4, 0.5) is 19.0 Å². The van der Waals surface area contributed by atoms with Gasteiger partial charge in [0.25, 0.3) is 0 Å². The van der Waals surface area contributed by atoms with Crippen LogP contribution in [0.2, 0.25) is 0 Å². The fraction of sp³-hybridized carbons (Fsp3) is 0.333. The summed E-state index contributed by atoms with van der Waals surface area (Å²) in [5.74, 6) is 0.306. The predicted molar refractivity (Wildman–Crippen MR) is 65.2 cm³/mol. The van der Waals surface area contributed by atoms with E-state index in [2.05, 4.69) is 10.1 Å². The summed E-state index contributed by atoms with van der Waals surface area (Å²) in [6.07, 6.45) is -0.158. The third-order valence-electron chi connectivity index (χ3n) is 2.96. The third kappa shape index (κ3) is 2.40. The molecule has 0 spiro atoms. The Balaban J connectivity index is 2.40. The van der Waals surface area contributed by atoms with E-state index in [1.807, 2.05) is 0 Å². The molecular weight excluding hydrogens is 257 g/mol. The molecule has 0 aromatic carbocycles. The summed E-state index contributed by atoms with van der Waals surface area (Å²) in [5, 5.41) is 3.80. The van der Waals surface area contributed by atoms with Crippen LogP contribution in [-0.2, 0) is 5.54 Å². The van der Waals surface area contributed by atoms with E-state index in [9.17, 15) is 13.2 Å². The highest BCUT2D eigenvalue weighted by Crippen LogP contribution is 2.36. The second-order valence-corrected chi connectivity index (χ2v) is 4.70. The van der Waals surface area contributed by atoms with Gasteiger partial charge in [0.1, 0.15) is 5.82 Å². The summed E-state index contributed by atoms with van der Waals surface area (Å²) in [6, 6.07) is 3.25. The highest BCUT2D eigenvalue weighted by atomic mass is 19.4. The molecule has 0 atom stereocenters. The second kappa shape index (κ2) is 4.25. The van der Waals surface area contributed by atoms with Crippen LogP contribution in [0.5, 0.6) is 0 Å². The Morgan fingerprint density at radius 3 is 2.47 bits per heavy atom.